The lowest BCUT2D eigenvalue weighted by molar-refractivity contribution is -0.137. The lowest BCUT2D eigenvalue weighted by Crippen LogP contribution is -2.27. The first-order chi connectivity index (χ1) is 8.99. The summed E-state index contributed by atoms with van der Waals surface area (Å²) in [6.45, 7) is 6.34. The highest BCUT2D eigenvalue weighted by Gasteiger charge is 2.11. The number of carboxylic acids is 1. The Hall–Kier alpha value is -2.22. The van der Waals surface area contributed by atoms with Crippen molar-refractivity contribution in [2.75, 3.05) is 19.8 Å². The fourth-order valence-electron chi connectivity index (χ4n) is 1.19. The van der Waals surface area contributed by atoms with Gasteiger partial charge in [-0.05, 0) is 6.92 Å². The van der Waals surface area contributed by atoms with Crippen LogP contribution in [-0.2, 0) is 16.1 Å². The van der Waals surface area contributed by atoms with E-state index in [-0.39, 0.29) is 12.2 Å². The lowest BCUT2D eigenvalue weighted by Gasteiger charge is -2.04. The second-order valence-electron chi connectivity index (χ2n) is 3.96. The maximum atomic E-state index is 11.6. The van der Waals surface area contributed by atoms with Crippen molar-refractivity contribution in [2.24, 2.45) is 0 Å². The van der Waals surface area contributed by atoms with E-state index in [2.05, 4.69) is 22.2 Å². The van der Waals surface area contributed by atoms with Crippen LogP contribution in [0.3, 0.4) is 0 Å². The molecule has 0 bridgehead atoms. The van der Waals surface area contributed by atoms with Crippen LogP contribution in [0, 0.1) is 0 Å². The quantitative estimate of drug-likeness (QED) is 0.494. The minimum absolute atomic E-state index is 0.0705. The zero-order valence-electron chi connectivity index (χ0n) is 10.6. The SMILES string of the molecule is C=C(C)COCCNC(=O)c1cn(CC(=O)O)nn1. The predicted octanol–water partition coefficient (Wildman–Crippen LogP) is -0.315. The number of nitrogens with one attached hydrogen (secondary N) is 1. The average Bonchev–Trinajstić information content (AvgIpc) is 2.75. The smallest absolute Gasteiger partial charge is 0.325 e. The lowest BCUT2D eigenvalue weighted by atomic mass is 10.4. The molecule has 0 atom stereocenters. The van der Waals surface area contributed by atoms with E-state index in [4.69, 9.17) is 9.84 Å². The molecule has 2 N–H and O–H groups in total. The summed E-state index contributed by atoms with van der Waals surface area (Å²) in [5, 5.41) is 18.2. The molecule has 0 aliphatic rings. The molecule has 0 aromatic carbocycles. The molecule has 1 heterocycles. The van der Waals surface area contributed by atoms with Gasteiger partial charge in [0, 0.05) is 6.54 Å². The Balaban J connectivity index is 2.31. The van der Waals surface area contributed by atoms with Crippen molar-refractivity contribution >= 4 is 11.9 Å². The molecule has 1 aromatic heterocycles. The number of nitrogens with zero attached hydrogens (tertiary/aromatic N) is 3. The van der Waals surface area contributed by atoms with Crippen LogP contribution in [0.1, 0.15) is 17.4 Å². The Morgan fingerprint density at radius 2 is 2.32 bits per heavy atom. The molecule has 0 radical (unpaired) electrons. The van der Waals surface area contributed by atoms with Gasteiger partial charge >= 0.3 is 5.97 Å². The Bertz CT molecular complexity index is 469. The summed E-state index contributed by atoms with van der Waals surface area (Å²) in [4.78, 5) is 22.0. The van der Waals surface area contributed by atoms with Crippen molar-refractivity contribution in [1.82, 2.24) is 20.3 Å². The monoisotopic (exact) mass is 268 g/mol. The zero-order chi connectivity index (χ0) is 14.3. The van der Waals surface area contributed by atoms with Crippen LogP contribution in [0.15, 0.2) is 18.3 Å². The van der Waals surface area contributed by atoms with E-state index in [1.807, 2.05) is 6.92 Å². The molecule has 8 nitrogen and oxygen atoms in total. The van der Waals surface area contributed by atoms with E-state index in [1.165, 1.54) is 6.20 Å². The van der Waals surface area contributed by atoms with E-state index in [0.717, 1.165) is 10.3 Å². The predicted molar refractivity (Wildman–Crippen MR) is 65.6 cm³/mol. The van der Waals surface area contributed by atoms with Crippen LogP contribution in [0.2, 0.25) is 0 Å². The molecule has 1 amide bonds. The van der Waals surface area contributed by atoms with Gasteiger partial charge in [0.25, 0.3) is 5.91 Å². The molecule has 0 aliphatic carbocycles. The van der Waals surface area contributed by atoms with Gasteiger partial charge in [0.15, 0.2) is 5.69 Å². The highest BCUT2D eigenvalue weighted by molar-refractivity contribution is 5.91. The highest BCUT2D eigenvalue weighted by Crippen LogP contribution is 1.93. The van der Waals surface area contributed by atoms with Crippen LogP contribution in [0.25, 0.3) is 0 Å². The summed E-state index contributed by atoms with van der Waals surface area (Å²) in [7, 11) is 0. The first-order valence-corrected chi connectivity index (χ1v) is 5.61. The Morgan fingerprint density at radius 1 is 1.58 bits per heavy atom. The number of ether oxygens (including phenoxy) is 1. The van der Waals surface area contributed by atoms with E-state index < -0.39 is 11.9 Å². The van der Waals surface area contributed by atoms with E-state index in [1.54, 1.807) is 0 Å². The number of carbonyl (C=O) groups excluding carboxylic acids is 1. The Morgan fingerprint density at radius 3 is 2.95 bits per heavy atom. The van der Waals surface area contributed by atoms with Crippen molar-refractivity contribution in [3.63, 3.8) is 0 Å². The van der Waals surface area contributed by atoms with E-state index in [0.29, 0.717) is 19.8 Å². The standard InChI is InChI=1S/C11H16N4O4/c1-8(2)7-19-4-3-12-11(18)9-5-15(14-13-9)6-10(16)17/h5H,1,3-4,6-7H2,2H3,(H,12,18)(H,16,17). The molecule has 0 aliphatic heterocycles. The van der Waals surface area contributed by atoms with Gasteiger partial charge in [-0.25, -0.2) is 4.68 Å². The van der Waals surface area contributed by atoms with Crippen LogP contribution in [0.5, 0.6) is 0 Å². The molecule has 1 rings (SSSR count). The van der Waals surface area contributed by atoms with Gasteiger partial charge in [-0.15, -0.1) is 5.10 Å². The van der Waals surface area contributed by atoms with Gasteiger partial charge in [0.1, 0.15) is 6.54 Å². The maximum absolute atomic E-state index is 11.6. The number of aromatic nitrogens is 3. The maximum Gasteiger partial charge on any atom is 0.325 e. The largest absolute Gasteiger partial charge is 0.480 e. The summed E-state index contributed by atoms with van der Waals surface area (Å²) in [6, 6.07) is 0. The molecule has 19 heavy (non-hydrogen) atoms. The minimum atomic E-state index is -1.05. The summed E-state index contributed by atoms with van der Waals surface area (Å²) in [5.41, 5.74) is 0.976. The molecule has 104 valence electrons. The van der Waals surface area contributed by atoms with Crippen molar-refractivity contribution in [3.8, 4) is 0 Å². The average molecular weight is 268 g/mol. The van der Waals surface area contributed by atoms with E-state index >= 15 is 0 Å². The molecule has 0 fully saturated rings. The Labute approximate surface area is 110 Å². The van der Waals surface area contributed by atoms with Crippen molar-refractivity contribution in [2.45, 2.75) is 13.5 Å². The van der Waals surface area contributed by atoms with Gasteiger partial charge in [0.05, 0.1) is 19.4 Å². The highest BCUT2D eigenvalue weighted by atomic mass is 16.5. The van der Waals surface area contributed by atoms with Gasteiger partial charge in [-0.1, -0.05) is 17.4 Å². The van der Waals surface area contributed by atoms with Crippen LogP contribution in [0.4, 0.5) is 0 Å². The fraction of sp³-hybridized carbons (Fsp3) is 0.455. The van der Waals surface area contributed by atoms with Gasteiger partial charge in [-0.2, -0.15) is 0 Å². The summed E-state index contributed by atoms with van der Waals surface area (Å²) < 4.78 is 6.28. The second kappa shape index (κ2) is 7.27. The van der Waals surface area contributed by atoms with Gasteiger partial charge in [-0.3, -0.25) is 9.59 Å². The zero-order valence-corrected chi connectivity index (χ0v) is 10.6. The first kappa shape index (κ1) is 14.8. The Kier molecular flexibility index (Phi) is 5.68. The van der Waals surface area contributed by atoms with Crippen LogP contribution in [-0.4, -0.2) is 51.7 Å². The van der Waals surface area contributed by atoms with Gasteiger partial charge in [0.2, 0.25) is 0 Å². The molecular weight excluding hydrogens is 252 g/mol. The molecule has 8 heteroatoms. The second-order valence-corrected chi connectivity index (χ2v) is 3.96. The number of hydrogen-bond donors (Lipinski definition) is 2. The molecule has 0 saturated carbocycles. The number of amides is 1. The van der Waals surface area contributed by atoms with Crippen molar-refractivity contribution in [1.29, 1.82) is 0 Å². The van der Waals surface area contributed by atoms with E-state index in [9.17, 15) is 9.59 Å². The third kappa shape index (κ3) is 5.77. The number of carbonyl (C=O) groups is 2. The fourth-order valence-corrected chi connectivity index (χ4v) is 1.19. The van der Waals surface area contributed by atoms with Crippen LogP contribution < -0.4 is 5.32 Å². The van der Waals surface area contributed by atoms with Gasteiger partial charge < -0.3 is 15.2 Å². The molecule has 0 unspecified atom stereocenters. The number of aliphatic carboxylic acids is 1. The number of hydrogen-bond acceptors (Lipinski definition) is 5. The minimum Gasteiger partial charge on any atom is -0.480 e. The number of carboxylic acid groups (broad SMARTS) is 1. The molecular formula is C11H16N4O4. The first-order valence-electron chi connectivity index (χ1n) is 5.61. The molecule has 1 aromatic rings. The summed E-state index contributed by atoms with van der Waals surface area (Å²) in [6.07, 6.45) is 1.28. The third-order valence-electron chi connectivity index (χ3n) is 1.95. The summed E-state index contributed by atoms with van der Waals surface area (Å²) >= 11 is 0. The number of rotatable bonds is 8. The van der Waals surface area contributed by atoms with Crippen molar-refractivity contribution in [3.05, 3.63) is 24.0 Å². The summed E-state index contributed by atoms with van der Waals surface area (Å²) in [5.74, 6) is -1.47. The van der Waals surface area contributed by atoms with Crippen molar-refractivity contribution < 1.29 is 19.4 Å². The molecule has 0 spiro atoms. The normalized spacial score (nSPS) is 10.2. The van der Waals surface area contributed by atoms with Crippen LogP contribution >= 0.6 is 0 Å². The third-order valence-corrected chi connectivity index (χ3v) is 1.95. The molecule has 0 saturated heterocycles. The topological polar surface area (TPSA) is 106 Å².